The molecule has 6 heteroatoms. The molecule has 0 bridgehead atoms. The Morgan fingerprint density at radius 1 is 1.14 bits per heavy atom. The second-order valence-electron chi connectivity index (χ2n) is 7.77. The van der Waals surface area contributed by atoms with Crippen molar-refractivity contribution in [1.82, 2.24) is 15.2 Å². The molecule has 2 aliphatic heterocycles. The molecule has 2 fully saturated rings. The summed E-state index contributed by atoms with van der Waals surface area (Å²) in [6.07, 6.45) is 7.83. The van der Waals surface area contributed by atoms with Gasteiger partial charge in [0, 0.05) is 36.7 Å². The molecule has 3 heterocycles. The topological polar surface area (TPSA) is 54.5 Å². The highest BCUT2D eigenvalue weighted by molar-refractivity contribution is 5.86. The number of hydrogen-bond donors (Lipinski definition) is 1. The smallest absolute Gasteiger partial charge is 0.140 e. The van der Waals surface area contributed by atoms with Gasteiger partial charge in [-0.15, -0.1) is 12.4 Å². The van der Waals surface area contributed by atoms with E-state index in [0.29, 0.717) is 12.8 Å². The largest absolute Gasteiger partial charge is 0.490 e. The molecule has 28 heavy (non-hydrogen) atoms. The van der Waals surface area contributed by atoms with Crippen molar-refractivity contribution in [2.75, 3.05) is 32.7 Å². The number of nitrogens with one attached hydrogen (secondary N) is 1. The first-order valence-corrected chi connectivity index (χ1v) is 10.3. The second-order valence-corrected chi connectivity index (χ2v) is 7.77. The van der Waals surface area contributed by atoms with Crippen molar-refractivity contribution in [1.29, 1.82) is 0 Å². The van der Waals surface area contributed by atoms with Crippen molar-refractivity contribution in [3.8, 4) is 5.75 Å². The van der Waals surface area contributed by atoms with Gasteiger partial charge in [0.1, 0.15) is 17.6 Å². The Morgan fingerprint density at radius 2 is 1.93 bits per heavy atom. The molecule has 1 N–H and O–H groups in total. The standard InChI is InChI=1S/C22H29N3O2.ClH/c26-20(7-12-25-10-1-2-11-25)15-19-13-18-14-22(4-3-17(18)16-24-19)27-21-5-8-23-9-6-21;/h3-4,13-14,16,21,23H,1-2,5-12,15H2;1H. The van der Waals surface area contributed by atoms with Gasteiger partial charge in [-0.25, -0.2) is 0 Å². The Morgan fingerprint density at radius 3 is 2.71 bits per heavy atom. The molecule has 2 aromatic rings. The van der Waals surface area contributed by atoms with Gasteiger partial charge in [0.15, 0.2) is 0 Å². The molecular weight excluding hydrogens is 374 g/mol. The number of carbonyl (C=O) groups excluding carboxylic acids is 1. The van der Waals surface area contributed by atoms with E-state index < -0.39 is 0 Å². The van der Waals surface area contributed by atoms with Crippen molar-refractivity contribution >= 4 is 29.0 Å². The van der Waals surface area contributed by atoms with Crippen LogP contribution in [0.15, 0.2) is 30.5 Å². The summed E-state index contributed by atoms with van der Waals surface area (Å²) in [5.41, 5.74) is 0.855. The lowest BCUT2D eigenvalue weighted by Gasteiger charge is -2.24. The number of hydrogen-bond acceptors (Lipinski definition) is 5. The zero-order chi connectivity index (χ0) is 18.5. The number of Topliss-reactive ketones (excluding diaryl/α,β-unsaturated/α-hetero) is 1. The van der Waals surface area contributed by atoms with Crippen LogP contribution in [0.25, 0.3) is 10.8 Å². The molecule has 0 spiro atoms. The van der Waals surface area contributed by atoms with E-state index in [4.69, 9.17) is 4.74 Å². The summed E-state index contributed by atoms with van der Waals surface area (Å²) in [4.78, 5) is 19.2. The maximum atomic E-state index is 12.3. The van der Waals surface area contributed by atoms with E-state index in [-0.39, 0.29) is 24.3 Å². The maximum absolute atomic E-state index is 12.3. The highest BCUT2D eigenvalue weighted by atomic mass is 35.5. The number of ketones is 1. The molecule has 5 nitrogen and oxygen atoms in total. The first-order chi connectivity index (χ1) is 13.3. The summed E-state index contributed by atoms with van der Waals surface area (Å²) in [5.74, 6) is 1.18. The summed E-state index contributed by atoms with van der Waals surface area (Å²) >= 11 is 0. The number of benzene rings is 1. The molecule has 0 saturated carbocycles. The summed E-state index contributed by atoms with van der Waals surface area (Å²) < 4.78 is 6.15. The van der Waals surface area contributed by atoms with Crippen LogP contribution in [0, 0.1) is 0 Å². The number of rotatable bonds is 7. The average molecular weight is 404 g/mol. The molecule has 0 atom stereocenters. The minimum Gasteiger partial charge on any atom is -0.490 e. The van der Waals surface area contributed by atoms with Gasteiger partial charge in [0.25, 0.3) is 0 Å². The van der Waals surface area contributed by atoms with Crippen molar-refractivity contribution in [2.45, 2.75) is 44.6 Å². The van der Waals surface area contributed by atoms with Crippen LogP contribution in [0.3, 0.4) is 0 Å². The van der Waals surface area contributed by atoms with Crippen LogP contribution < -0.4 is 10.1 Å². The van der Waals surface area contributed by atoms with Crippen LogP contribution in [0.4, 0.5) is 0 Å². The molecule has 4 rings (SSSR count). The van der Waals surface area contributed by atoms with Crippen LogP contribution in [0.5, 0.6) is 5.75 Å². The summed E-state index contributed by atoms with van der Waals surface area (Å²) in [6.45, 7) is 5.21. The monoisotopic (exact) mass is 403 g/mol. The number of pyridine rings is 1. The van der Waals surface area contributed by atoms with Gasteiger partial charge < -0.3 is 15.0 Å². The first-order valence-electron chi connectivity index (χ1n) is 10.3. The van der Waals surface area contributed by atoms with E-state index in [1.807, 2.05) is 18.3 Å². The lowest BCUT2D eigenvalue weighted by Crippen LogP contribution is -2.34. The number of carbonyl (C=O) groups is 1. The molecule has 1 aromatic carbocycles. The van der Waals surface area contributed by atoms with Crippen LogP contribution in [-0.4, -0.2) is 54.5 Å². The van der Waals surface area contributed by atoms with Gasteiger partial charge in [-0.1, -0.05) is 0 Å². The van der Waals surface area contributed by atoms with Gasteiger partial charge in [0.2, 0.25) is 0 Å². The van der Waals surface area contributed by atoms with Crippen LogP contribution in [-0.2, 0) is 11.2 Å². The molecule has 0 unspecified atom stereocenters. The van der Waals surface area contributed by atoms with Gasteiger partial charge in [-0.3, -0.25) is 9.78 Å². The Balaban J connectivity index is 0.00000225. The number of halogens is 1. The Hall–Kier alpha value is -1.69. The molecule has 0 amide bonds. The fourth-order valence-electron chi connectivity index (χ4n) is 4.02. The molecule has 1 aromatic heterocycles. The van der Waals surface area contributed by atoms with Crippen LogP contribution in [0.2, 0.25) is 0 Å². The van der Waals surface area contributed by atoms with E-state index >= 15 is 0 Å². The zero-order valence-corrected chi connectivity index (χ0v) is 17.2. The quantitative estimate of drug-likeness (QED) is 0.768. The zero-order valence-electron chi connectivity index (χ0n) is 16.4. The number of ether oxygens (including phenoxy) is 1. The van der Waals surface area contributed by atoms with Gasteiger partial charge in [-0.2, -0.15) is 0 Å². The summed E-state index contributed by atoms with van der Waals surface area (Å²) in [6, 6.07) is 8.19. The van der Waals surface area contributed by atoms with E-state index in [1.54, 1.807) is 0 Å². The number of nitrogens with zero attached hydrogens (tertiary/aromatic N) is 2. The highest BCUT2D eigenvalue weighted by Crippen LogP contribution is 2.23. The Kier molecular flexibility index (Phi) is 7.65. The lowest BCUT2D eigenvalue weighted by molar-refractivity contribution is -0.118. The molecule has 2 aliphatic rings. The van der Waals surface area contributed by atoms with E-state index in [1.165, 1.54) is 12.8 Å². The van der Waals surface area contributed by atoms with E-state index in [2.05, 4.69) is 27.3 Å². The fourth-order valence-corrected chi connectivity index (χ4v) is 4.02. The third-order valence-corrected chi connectivity index (χ3v) is 5.62. The van der Waals surface area contributed by atoms with E-state index in [9.17, 15) is 4.79 Å². The molecule has 2 saturated heterocycles. The Labute approximate surface area is 173 Å². The number of piperidine rings is 1. The third-order valence-electron chi connectivity index (χ3n) is 5.62. The van der Waals surface area contributed by atoms with Gasteiger partial charge in [0.05, 0.1) is 0 Å². The molecule has 152 valence electrons. The number of likely N-dealkylation sites (tertiary alicyclic amines) is 1. The van der Waals surface area contributed by atoms with Gasteiger partial charge in [-0.05, 0) is 81.5 Å². The Bertz CT molecular complexity index is 786. The highest BCUT2D eigenvalue weighted by Gasteiger charge is 2.15. The second kappa shape index (κ2) is 10.2. The van der Waals surface area contributed by atoms with Crippen LogP contribution in [0.1, 0.15) is 37.8 Å². The maximum Gasteiger partial charge on any atom is 0.140 e. The minimum atomic E-state index is 0. The van der Waals surface area contributed by atoms with Crippen molar-refractivity contribution in [3.05, 3.63) is 36.2 Å². The number of fused-ring (bicyclic) bond motifs is 1. The molecular formula is C22H30ClN3O2. The van der Waals surface area contributed by atoms with E-state index in [0.717, 1.165) is 67.8 Å². The molecule has 0 radical (unpaired) electrons. The SMILES string of the molecule is Cl.O=C(CCN1CCCC1)Cc1cc2cc(OC3CCNCC3)ccc2cn1. The average Bonchev–Trinajstić information content (AvgIpc) is 3.21. The van der Waals surface area contributed by atoms with Crippen LogP contribution >= 0.6 is 12.4 Å². The first kappa shape index (κ1) is 21.0. The molecule has 0 aliphatic carbocycles. The van der Waals surface area contributed by atoms with Crippen molar-refractivity contribution in [2.24, 2.45) is 0 Å². The predicted octanol–water partition coefficient (Wildman–Crippen LogP) is 3.38. The predicted molar refractivity (Wildman–Crippen MR) is 115 cm³/mol. The third kappa shape index (κ3) is 5.66. The fraction of sp³-hybridized carbons (Fsp3) is 0.545. The summed E-state index contributed by atoms with van der Waals surface area (Å²) in [7, 11) is 0. The van der Waals surface area contributed by atoms with Gasteiger partial charge >= 0.3 is 0 Å². The van der Waals surface area contributed by atoms with Crippen molar-refractivity contribution < 1.29 is 9.53 Å². The summed E-state index contributed by atoms with van der Waals surface area (Å²) in [5, 5.41) is 5.54. The minimum absolute atomic E-state index is 0. The number of aromatic nitrogens is 1. The normalized spacial score (nSPS) is 18.1. The lowest BCUT2D eigenvalue weighted by atomic mass is 10.1. The van der Waals surface area contributed by atoms with Crippen molar-refractivity contribution in [3.63, 3.8) is 0 Å².